The van der Waals surface area contributed by atoms with Crippen molar-refractivity contribution in [2.24, 2.45) is 5.92 Å². The Morgan fingerprint density at radius 2 is 2.04 bits per heavy atom. The summed E-state index contributed by atoms with van der Waals surface area (Å²) in [5.74, 6) is -0.503. The van der Waals surface area contributed by atoms with E-state index >= 15 is 0 Å². The number of carbonyl (C=O) groups is 2. The van der Waals surface area contributed by atoms with Gasteiger partial charge in [0.1, 0.15) is 5.82 Å². The van der Waals surface area contributed by atoms with Crippen molar-refractivity contribution in [2.45, 2.75) is 26.7 Å². The van der Waals surface area contributed by atoms with Crippen LogP contribution in [0.5, 0.6) is 0 Å². The SMILES string of the molecule is CC(C)COC(=O)N1CCCN(CCC(=O)Nc2ccc(Cl)cc2F)CC1. The zero-order valence-corrected chi connectivity index (χ0v) is 16.6. The molecule has 0 spiro atoms. The van der Waals surface area contributed by atoms with Gasteiger partial charge in [-0.2, -0.15) is 0 Å². The van der Waals surface area contributed by atoms with Crippen molar-refractivity contribution in [3.8, 4) is 0 Å². The molecule has 1 heterocycles. The largest absolute Gasteiger partial charge is 0.449 e. The Bertz CT molecular complexity index is 657. The molecule has 150 valence electrons. The Kier molecular flexibility index (Phi) is 8.31. The van der Waals surface area contributed by atoms with E-state index < -0.39 is 5.82 Å². The van der Waals surface area contributed by atoms with E-state index in [9.17, 15) is 14.0 Å². The number of hydrogen-bond donors (Lipinski definition) is 1. The number of rotatable bonds is 6. The van der Waals surface area contributed by atoms with Gasteiger partial charge in [0.05, 0.1) is 12.3 Å². The zero-order valence-electron chi connectivity index (χ0n) is 15.8. The third-order valence-electron chi connectivity index (χ3n) is 4.25. The minimum absolute atomic E-state index is 0.124. The Hall–Kier alpha value is -1.86. The Labute approximate surface area is 164 Å². The van der Waals surface area contributed by atoms with Crippen LogP contribution in [0.4, 0.5) is 14.9 Å². The van der Waals surface area contributed by atoms with E-state index in [1.165, 1.54) is 18.2 Å². The smallest absolute Gasteiger partial charge is 0.409 e. The van der Waals surface area contributed by atoms with Gasteiger partial charge in [-0.15, -0.1) is 0 Å². The van der Waals surface area contributed by atoms with Crippen molar-refractivity contribution in [1.82, 2.24) is 9.80 Å². The van der Waals surface area contributed by atoms with Gasteiger partial charge in [0.2, 0.25) is 5.91 Å². The second-order valence-corrected chi connectivity index (χ2v) is 7.51. The summed E-state index contributed by atoms with van der Waals surface area (Å²) in [6.45, 7) is 7.67. The predicted octanol–water partition coefficient (Wildman–Crippen LogP) is 3.61. The molecular weight excluding hydrogens is 373 g/mol. The number of benzene rings is 1. The summed E-state index contributed by atoms with van der Waals surface area (Å²) < 4.78 is 19.0. The summed E-state index contributed by atoms with van der Waals surface area (Å²) in [4.78, 5) is 28.0. The van der Waals surface area contributed by atoms with Gasteiger partial charge in [0, 0.05) is 37.6 Å². The topological polar surface area (TPSA) is 61.9 Å². The average molecular weight is 400 g/mol. The molecule has 1 aromatic carbocycles. The molecule has 1 saturated heterocycles. The van der Waals surface area contributed by atoms with E-state index in [4.69, 9.17) is 16.3 Å². The first-order valence-corrected chi connectivity index (χ1v) is 9.62. The lowest BCUT2D eigenvalue weighted by Gasteiger charge is -2.22. The van der Waals surface area contributed by atoms with E-state index in [0.717, 1.165) is 13.0 Å². The van der Waals surface area contributed by atoms with E-state index in [1.54, 1.807) is 4.90 Å². The molecule has 0 saturated carbocycles. The first-order chi connectivity index (χ1) is 12.8. The number of halogens is 2. The first kappa shape index (κ1) is 21.4. The zero-order chi connectivity index (χ0) is 19.8. The molecule has 1 aromatic rings. The standard InChI is InChI=1S/C19H27ClFN3O3/c1-14(2)13-27-19(26)24-8-3-7-23(10-11-24)9-6-18(25)22-17-5-4-15(20)12-16(17)21/h4-5,12,14H,3,6-11,13H2,1-2H3,(H,22,25). The van der Waals surface area contributed by atoms with Crippen molar-refractivity contribution >= 4 is 29.3 Å². The van der Waals surface area contributed by atoms with Crippen LogP contribution in [0, 0.1) is 11.7 Å². The van der Waals surface area contributed by atoms with Gasteiger partial charge in [0.25, 0.3) is 0 Å². The van der Waals surface area contributed by atoms with E-state index in [0.29, 0.717) is 38.7 Å². The predicted molar refractivity (Wildman–Crippen MR) is 103 cm³/mol. The fraction of sp³-hybridized carbons (Fsp3) is 0.579. The molecule has 1 aliphatic rings. The Morgan fingerprint density at radius 1 is 1.26 bits per heavy atom. The lowest BCUT2D eigenvalue weighted by atomic mass is 10.2. The summed E-state index contributed by atoms with van der Waals surface area (Å²) in [6.07, 6.45) is 0.797. The first-order valence-electron chi connectivity index (χ1n) is 9.24. The highest BCUT2D eigenvalue weighted by atomic mass is 35.5. The number of hydrogen-bond acceptors (Lipinski definition) is 4. The fourth-order valence-electron chi connectivity index (χ4n) is 2.77. The van der Waals surface area contributed by atoms with Gasteiger partial charge in [0.15, 0.2) is 0 Å². The van der Waals surface area contributed by atoms with E-state index in [1.807, 2.05) is 13.8 Å². The molecule has 0 bridgehead atoms. The number of amides is 2. The molecule has 2 amide bonds. The van der Waals surface area contributed by atoms with Gasteiger partial charge in [-0.05, 0) is 37.1 Å². The number of nitrogens with zero attached hydrogens (tertiary/aromatic N) is 2. The molecule has 0 aromatic heterocycles. The maximum absolute atomic E-state index is 13.7. The third-order valence-corrected chi connectivity index (χ3v) is 4.48. The molecule has 1 fully saturated rings. The van der Waals surface area contributed by atoms with Crippen LogP contribution in [0.15, 0.2) is 18.2 Å². The van der Waals surface area contributed by atoms with Crippen LogP contribution in [-0.4, -0.2) is 61.1 Å². The molecule has 0 unspecified atom stereocenters. The highest BCUT2D eigenvalue weighted by Gasteiger charge is 2.20. The monoisotopic (exact) mass is 399 g/mol. The molecule has 27 heavy (non-hydrogen) atoms. The van der Waals surface area contributed by atoms with E-state index in [2.05, 4.69) is 10.2 Å². The second kappa shape index (κ2) is 10.5. The number of ether oxygens (including phenoxy) is 1. The quantitative estimate of drug-likeness (QED) is 0.793. The van der Waals surface area contributed by atoms with Crippen LogP contribution in [0.2, 0.25) is 5.02 Å². The summed E-state index contributed by atoms with van der Waals surface area (Å²) in [7, 11) is 0. The van der Waals surface area contributed by atoms with Gasteiger partial charge in [-0.1, -0.05) is 25.4 Å². The molecule has 6 nitrogen and oxygen atoms in total. The molecule has 8 heteroatoms. The summed E-state index contributed by atoms with van der Waals surface area (Å²) in [5, 5.41) is 2.85. The van der Waals surface area contributed by atoms with Crippen LogP contribution < -0.4 is 5.32 Å². The fourth-order valence-corrected chi connectivity index (χ4v) is 2.93. The van der Waals surface area contributed by atoms with Crippen molar-refractivity contribution in [3.05, 3.63) is 29.0 Å². The normalized spacial score (nSPS) is 15.5. The van der Waals surface area contributed by atoms with Crippen LogP contribution in [0.3, 0.4) is 0 Å². The highest BCUT2D eigenvalue weighted by Crippen LogP contribution is 2.19. The lowest BCUT2D eigenvalue weighted by molar-refractivity contribution is -0.116. The van der Waals surface area contributed by atoms with Crippen molar-refractivity contribution in [3.63, 3.8) is 0 Å². The number of nitrogens with one attached hydrogen (secondary N) is 1. The van der Waals surface area contributed by atoms with Crippen molar-refractivity contribution in [2.75, 3.05) is 44.6 Å². The van der Waals surface area contributed by atoms with Crippen molar-refractivity contribution in [1.29, 1.82) is 0 Å². The Morgan fingerprint density at radius 3 is 2.74 bits per heavy atom. The molecule has 1 N–H and O–H groups in total. The Balaban J connectivity index is 1.74. The van der Waals surface area contributed by atoms with Crippen molar-refractivity contribution < 1.29 is 18.7 Å². The van der Waals surface area contributed by atoms with Gasteiger partial charge >= 0.3 is 6.09 Å². The van der Waals surface area contributed by atoms with E-state index in [-0.39, 0.29) is 29.1 Å². The number of anilines is 1. The minimum atomic E-state index is -0.554. The van der Waals surface area contributed by atoms with Gasteiger partial charge in [-0.25, -0.2) is 9.18 Å². The average Bonchev–Trinajstić information content (AvgIpc) is 2.86. The lowest BCUT2D eigenvalue weighted by Crippen LogP contribution is -2.36. The van der Waals surface area contributed by atoms with Crippen LogP contribution in [0.25, 0.3) is 0 Å². The molecule has 0 atom stereocenters. The molecule has 2 rings (SSSR count). The summed E-state index contributed by atoms with van der Waals surface area (Å²) >= 11 is 5.70. The van der Waals surface area contributed by atoms with Crippen LogP contribution >= 0.6 is 11.6 Å². The maximum atomic E-state index is 13.7. The molecule has 0 radical (unpaired) electrons. The van der Waals surface area contributed by atoms with Gasteiger partial charge in [-0.3, -0.25) is 4.79 Å². The summed E-state index contributed by atoms with van der Waals surface area (Å²) in [5.41, 5.74) is 0.124. The number of carbonyl (C=O) groups excluding carboxylic acids is 2. The molecule has 0 aliphatic carbocycles. The highest BCUT2D eigenvalue weighted by molar-refractivity contribution is 6.30. The molecular formula is C19H27ClFN3O3. The van der Waals surface area contributed by atoms with Crippen LogP contribution in [-0.2, 0) is 9.53 Å². The summed E-state index contributed by atoms with van der Waals surface area (Å²) in [6, 6.07) is 4.14. The third kappa shape index (κ3) is 7.34. The maximum Gasteiger partial charge on any atom is 0.409 e. The van der Waals surface area contributed by atoms with Crippen LogP contribution in [0.1, 0.15) is 26.7 Å². The van der Waals surface area contributed by atoms with Gasteiger partial charge < -0.3 is 19.9 Å². The second-order valence-electron chi connectivity index (χ2n) is 7.08. The minimum Gasteiger partial charge on any atom is -0.449 e. The molecule has 1 aliphatic heterocycles.